The summed E-state index contributed by atoms with van der Waals surface area (Å²) >= 11 is 0. The van der Waals surface area contributed by atoms with Crippen LogP contribution in [0.5, 0.6) is 0 Å². The van der Waals surface area contributed by atoms with Crippen molar-refractivity contribution in [3.8, 4) is 0 Å². The minimum Gasteiger partial charge on any atom is -0.338 e. The van der Waals surface area contributed by atoms with Crippen molar-refractivity contribution in [3.05, 3.63) is 35.6 Å². The average molecular weight is 335 g/mol. The molecule has 0 unspecified atom stereocenters. The Bertz CT molecular complexity index is 549. The van der Waals surface area contributed by atoms with Gasteiger partial charge in [0.05, 0.1) is 6.04 Å². The number of hydrogen-bond acceptors (Lipinski definition) is 2. The van der Waals surface area contributed by atoms with Gasteiger partial charge in [0, 0.05) is 31.7 Å². The number of amides is 2. The van der Waals surface area contributed by atoms with Crippen molar-refractivity contribution < 1.29 is 9.18 Å². The summed E-state index contributed by atoms with van der Waals surface area (Å²) in [7, 11) is 1.72. The molecule has 24 heavy (non-hydrogen) atoms. The molecule has 0 aromatic heterocycles. The number of halogens is 1. The van der Waals surface area contributed by atoms with Crippen LogP contribution in [0.4, 0.5) is 9.18 Å². The number of nitrogens with one attached hydrogen (secondary N) is 1. The largest absolute Gasteiger partial charge is 0.338 e. The van der Waals surface area contributed by atoms with Crippen molar-refractivity contribution in [2.45, 2.75) is 45.7 Å². The number of carbonyl (C=O) groups excluding carboxylic acids is 1. The molecule has 2 rings (SSSR count). The minimum atomic E-state index is -0.301. The third-order valence-corrected chi connectivity index (χ3v) is 5.08. The molecule has 1 saturated heterocycles. The first-order valence-electron chi connectivity index (χ1n) is 8.89. The first kappa shape index (κ1) is 18.7. The third-order valence-electron chi connectivity index (χ3n) is 5.08. The fraction of sp³-hybridized carbons (Fsp3) is 0.632. The summed E-state index contributed by atoms with van der Waals surface area (Å²) in [5.74, 6) is 0.215. The lowest BCUT2D eigenvalue weighted by molar-refractivity contribution is 0.136. The highest BCUT2D eigenvalue weighted by Gasteiger charge is 2.24. The molecule has 0 saturated carbocycles. The van der Waals surface area contributed by atoms with Gasteiger partial charge in [-0.15, -0.1) is 0 Å². The molecule has 1 aromatic carbocycles. The standard InChI is InChI=1S/C19H30FN3O/c1-14(2)23-11-7-8-16(13-23)12-21-19(24)22(4)15(3)17-9-5-6-10-18(17)20/h5-6,9-10,14-16H,7-8,11-13H2,1-4H3,(H,21,24)/t15-,16+/m1/s1. The summed E-state index contributed by atoms with van der Waals surface area (Å²) in [6.07, 6.45) is 2.33. The number of hydrogen-bond donors (Lipinski definition) is 1. The molecule has 4 nitrogen and oxygen atoms in total. The second kappa shape index (κ2) is 8.47. The first-order chi connectivity index (χ1) is 11.4. The van der Waals surface area contributed by atoms with Crippen molar-refractivity contribution in [2.24, 2.45) is 5.92 Å². The molecule has 0 radical (unpaired) electrons. The van der Waals surface area contributed by atoms with Crippen molar-refractivity contribution in [1.29, 1.82) is 0 Å². The molecule has 1 N–H and O–H groups in total. The SMILES string of the molecule is CC(C)N1CCC[C@@H](CNC(=O)N(C)[C@H](C)c2ccccc2F)C1. The van der Waals surface area contributed by atoms with Crippen molar-refractivity contribution >= 4 is 6.03 Å². The maximum atomic E-state index is 13.9. The number of benzene rings is 1. The average Bonchev–Trinajstić information content (AvgIpc) is 2.59. The van der Waals surface area contributed by atoms with Gasteiger partial charge < -0.3 is 15.1 Å². The van der Waals surface area contributed by atoms with Crippen molar-refractivity contribution in [2.75, 3.05) is 26.7 Å². The summed E-state index contributed by atoms with van der Waals surface area (Å²) in [6.45, 7) is 9.13. The van der Waals surface area contributed by atoms with E-state index in [2.05, 4.69) is 24.1 Å². The van der Waals surface area contributed by atoms with E-state index in [9.17, 15) is 9.18 Å². The van der Waals surface area contributed by atoms with Crippen LogP contribution in [0.3, 0.4) is 0 Å². The summed E-state index contributed by atoms with van der Waals surface area (Å²) in [5, 5.41) is 3.02. The summed E-state index contributed by atoms with van der Waals surface area (Å²) in [5.41, 5.74) is 0.541. The van der Waals surface area contributed by atoms with Gasteiger partial charge in [0.25, 0.3) is 0 Å². The van der Waals surface area contributed by atoms with Gasteiger partial charge >= 0.3 is 6.03 Å². The van der Waals surface area contributed by atoms with Crippen LogP contribution in [0.2, 0.25) is 0 Å². The molecule has 2 atom stereocenters. The Morgan fingerprint density at radius 1 is 1.38 bits per heavy atom. The lowest BCUT2D eigenvalue weighted by Crippen LogP contribution is -2.46. The Labute approximate surface area is 145 Å². The number of nitrogens with zero attached hydrogens (tertiary/aromatic N) is 2. The molecule has 134 valence electrons. The second-order valence-corrected chi connectivity index (χ2v) is 7.09. The van der Waals surface area contributed by atoms with Crippen LogP contribution < -0.4 is 5.32 Å². The smallest absolute Gasteiger partial charge is 0.317 e. The Hall–Kier alpha value is -1.62. The van der Waals surface area contributed by atoms with E-state index in [0.717, 1.165) is 19.5 Å². The molecule has 1 aliphatic rings. The van der Waals surface area contributed by atoms with E-state index in [0.29, 0.717) is 24.1 Å². The van der Waals surface area contributed by atoms with E-state index in [4.69, 9.17) is 0 Å². The van der Waals surface area contributed by atoms with Gasteiger partial charge in [0.15, 0.2) is 0 Å². The van der Waals surface area contributed by atoms with Gasteiger partial charge in [-0.25, -0.2) is 9.18 Å². The van der Waals surface area contributed by atoms with Crippen LogP contribution in [0.1, 0.15) is 45.2 Å². The fourth-order valence-electron chi connectivity index (χ4n) is 3.29. The third kappa shape index (κ3) is 4.69. The zero-order chi connectivity index (χ0) is 17.7. The summed E-state index contributed by atoms with van der Waals surface area (Å²) in [6, 6.07) is 6.72. The highest BCUT2D eigenvalue weighted by atomic mass is 19.1. The highest BCUT2D eigenvalue weighted by molar-refractivity contribution is 5.74. The number of carbonyl (C=O) groups is 1. The van der Waals surface area contributed by atoms with E-state index in [1.54, 1.807) is 30.1 Å². The fourth-order valence-corrected chi connectivity index (χ4v) is 3.29. The van der Waals surface area contributed by atoms with Crippen LogP contribution >= 0.6 is 0 Å². The van der Waals surface area contributed by atoms with Crippen LogP contribution in [0.15, 0.2) is 24.3 Å². The van der Waals surface area contributed by atoms with Crippen LogP contribution in [-0.2, 0) is 0 Å². The molecule has 0 spiro atoms. The van der Waals surface area contributed by atoms with Gasteiger partial charge in [0.1, 0.15) is 5.82 Å². The van der Waals surface area contributed by atoms with E-state index >= 15 is 0 Å². The Balaban J connectivity index is 1.86. The molecule has 1 aromatic rings. The van der Waals surface area contributed by atoms with Gasteiger partial charge in [-0.1, -0.05) is 18.2 Å². The van der Waals surface area contributed by atoms with Gasteiger partial charge in [-0.2, -0.15) is 0 Å². The Morgan fingerprint density at radius 3 is 2.75 bits per heavy atom. The normalized spacial score (nSPS) is 20.0. The van der Waals surface area contributed by atoms with Crippen molar-refractivity contribution in [3.63, 3.8) is 0 Å². The van der Waals surface area contributed by atoms with E-state index in [1.165, 1.54) is 12.5 Å². The quantitative estimate of drug-likeness (QED) is 0.891. The number of piperidine rings is 1. The maximum absolute atomic E-state index is 13.9. The summed E-state index contributed by atoms with van der Waals surface area (Å²) in [4.78, 5) is 16.4. The zero-order valence-corrected chi connectivity index (χ0v) is 15.3. The molecule has 1 aliphatic heterocycles. The summed E-state index contributed by atoms with van der Waals surface area (Å²) < 4.78 is 13.9. The predicted octanol–water partition coefficient (Wildman–Crippen LogP) is 3.65. The topological polar surface area (TPSA) is 35.6 Å². The monoisotopic (exact) mass is 335 g/mol. The molecule has 2 amide bonds. The van der Waals surface area contributed by atoms with Gasteiger partial charge in [-0.05, 0) is 52.1 Å². The zero-order valence-electron chi connectivity index (χ0n) is 15.3. The molecule has 5 heteroatoms. The maximum Gasteiger partial charge on any atom is 0.317 e. The van der Waals surface area contributed by atoms with E-state index in [-0.39, 0.29) is 17.9 Å². The lowest BCUT2D eigenvalue weighted by atomic mass is 9.97. The molecular formula is C19H30FN3O. The van der Waals surface area contributed by atoms with E-state index < -0.39 is 0 Å². The van der Waals surface area contributed by atoms with Crippen LogP contribution in [-0.4, -0.2) is 48.6 Å². The number of rotatable bonds is 5. The Kier molecular flexibility index (Phi) is 6.60. The predicted molar refractivity (Wildman–Crippen MR) is 95.4 cm³/mol. The van der Waals surface area contributed by atoms with E-state index in [1.807, 2.05) is 6.92 Å². The van der Waals surface area contributed by atoms with Gasteiger partial charge in [-0.3, -0.25) is 0 Å². The molecule has 0 bridgehead atoms. The minimum absolute atomic E-state index is 0.146. The highest BCUT2D eigenvalue weighted by Crippen LogP contribution is 2.22. The Morgan fingerprint density at radius 2 is 2.08 bits per heavy atom. The molecule has 1 heterocycles. The molecular weight excluding hydrogens is 305 g/mol. The van der Waals surface area contributed by atoms with Crippen LogP contribution in [0.25, 0.3) is 0 Å². The van der Waals surface area contributed by atoms with Gasteiger partial charge in [0.2, 0.25) is 0 Å². The first-order valence-corrected chi connectivity index (χ1v) is 8.89. The molecule has 1 fully saturated rings. The van der Waals surface area contributed by atoms with Crippen LogP contribution in [0, 0.1) is 11.7 Å². The lowest BCUT2D eigenvalue weighted by Gasteiger charge is -2.36. The second-order valence-electron chi connectivity index (χ2n) is 7.09. The van der Waals surface area contributed by atoms with Crippen molar-refractivity contribution in [1.82, 2.24) is 15.1 Å². The number of urea groups is 1. The molecule has 0 aliphatic carbocycles. The number of likely N-dealkylation sites (tertiary alicyclic amines) is 1.